The van der Waals surface area contributed by atoms with Gasteiger partial charge in [0.25, 0.3) is 0 Å². The average Bonchev–Trinajstić information content (AvgIpc) is 2.98. The van der Waals surface area contributed by atoms with Crippen LogP contribution in [0.15, 0.2) is 65.8 Å². The Morgan fingerprint density at radius 2 is 1.88 bits per heavy atom. The van der Waals surface area contributed by atoms with Crippen molar-refractivity contribution in [2.24, 2.45) is 0 Å². The van der Waals surface area contributed by atoms with Crippen LogP contribution in [0.5, 0.6) is 5.75 Å². The quantitative estimate of drug-likeness (QED) is 0.345. The molecule has 3 rings (SSSR count). The third kappa shape index (κ3) is 3.22. The van der Waals surface area contributed by atoms with Crippen LogP contribution >= 0.6 is 0 Å². The van der Waals surface area contributed by atoms with E-state index in [1.54, 1.807) is 30.3 Å². The average molecular weight is 334 g/mol. The van der Waals surface area contributed by atoms with Crippen molar-refractivity contribution < 1.29 is 27.1 Å². The Kier molecular flexibility index (Phi) is 4.20. The van der Waals surface area contributed by atoms with Crippen molar-refractivity contribution >= 4 is 11.0 Å². The minimum absolute atomic E-state index is 0.0454. The standard InChI is InChI=1S/C18H13F3O3/c1-2-22-11-23-13-7-8-14(15(10-13)18(19,20)21)17-9-12-5-3-4-6-16(12)24-17/h2-10H,1,11H2. The van der Waals surface area contributed by atoms with Gasteiger partial charge in [0.05, 0.1) is 11.8 Å². The maximum absolute atomic E-state index is 13.4. The third-order valence-electron chi connectivity index (χ3n) is 3.40. The Morgan fingerprint density at radius 3 is 2.58 bits per heavy atom. The highest BCUT2D eigenvalue weighted by Gasteiger charge is 2.35. The van der Waals surface area contributed by atoms with Crippen molar-refractivity contribution in [1.29, 1.82) is 0 Å². The summed E-state index contributed by atoms with van der Waals surface area (Å²) in [5.74, 6) is 0.196. The molecule has 0 atom stereocenters. The molecule has 3 nitrogen and oxygen atoms in total. The van der Waals surface area contributed by atoms with E-state index in [4.69, 9.17) is 13.9 Å². The molecule has 24 heavy (non-hydrogen) atoms. The highest BCUT2D eigenvalue weighted by Crippen LogP contribution is 2.40. The molecule has 0 N–H and O–H groups in total. The fraction of sp³-hybridized carbons (Fsp3) is 0.111. The van der Waals surface area contributed by atoms with Gasteiger partial charge in [0.1, 0.15) is 17.1 Å². The number of rotatable bonds is 5. The summed E-state index contributed by atoms with van der Waals surface area (Å²) in [6.45, 7) is 3.11. The topological polar surface area (TPSA) is 31.6 Å². The van der Waals surface area contributed by atoms with E-state index in [0.717, 1.165) is 17.7 Å². The van der Waals surface area contributed by atoms with Gasteiger partial charge in [-0.25, -0.2) is 0 Å². The fourth-order valence-electron chi connectivity index (χ4n) is 2.33. The first kappa shape index (κ1) is 16.0. The van der Waals surface area contributed by atoms with Gasteiger partial charge in [-0.3, -0.25) is 0 Å². The van der Waals surface area contributed by atoms with Crippen LogP contribution in [0.4, 0.5) is 13.2 Å². The van der Waals surface area contributed by atoms with Crippen LogP contribution in [0, 0.1) is 0 Å². The van der Waals surface area contributed by atoms with Gasteiger partial charge in [0.15, 0.2) is 0 Å². The number of furan rings is 1. The lowest BCUT2D eigenvalue weighted by Gasteiger charge is -2.13. The first-order valence-corrected chi connectivity index (χ1v) is 7.04. The van der Waals surface area contributed by atoms with Crippen molar-refractivity contribution in [3.8, 4) is 17.1 Å². The summed E-state index contributed by atoms with van der Waals surface area (Å²) in [4.78, 5) is 0. The molecule has 2 aromatic carbocycles. The molecule has 0 amide bonds. The summed E-state index contributed by atoms with van der Waals surface area (Å²) in [7, 11) is 0. The maximum Gasteiger partial charge on any atom is 0.417 e. The minimum atomic E-state index is -4.55. The third-order valence-corrected chi connectivity index (χ3v) is 3.40. The molecule has 0 aliphatic rings. The number of para-hydroxylation sites is 1. The summed E-state index contributed by atoms with van der Waals surface area (Å²) in [5, 5.41) is 0.736. The van der Waals surface area contributed by atoms with Crippen LogP contribution in [0.1, 0.15) is 5.56 Å². The molecular formula is C18H13F3O3. The van der Waals surface area contributed by atoms with Gasteiger partial charge in [-0.05, 0) is 30.3 Å². The smallest absolute Gasteiger partial charge is 0.417 e. The second-order valence-electron chi connectivity index (χ2n) is 4.95. The number of alkyl halides is 3. The maximum atomic E-state index is 13.4. The second-order valence-corrected chi connectivity index (χ2v) is 4.95. The molecule has 0 saturated heterocycles. The highest BCUT2D eigenvalue weighted by atomic mass is 19.4. The molecule has 124 valence electrons. The zero-order chi connectivity index (χ0) is 17.2. The Morgan fingerprint density at radius 1 is 1.08 bits per heavy atom. The first-order chi connectivity index (χ1) is 11.5. The summed E-state index contributed by atoms with van der Waals surface area (Å²) in [5.41, 5.74) is -0.353. The van der Waals surface area contributed by atoms with Gasteiger partial charge < -0.3 is 13.9 Å². The van der Waals surface area contributed by atoms with E-state index in [9.17, 15) is 13.2 Å². The van der Waals surface area contributed by atoms with E-state index < -0.39 is 11.7 Å². The summed E-state index contributed by atoms with van der Waals surface area (Å²) < 4.78 is 55.7. The van der Waals surface area contributed by atoms with Gasteiger partial charge >= 0.3 is 6.18 Å². The summed E-state index contributed by atoms with van der Waals surface area (Å²) in [6.07, 6.45) is -3.40. The monoisotopic (exact) mass is 334 g/mol. The molecule has 6 heteroatoms. The van der Waals surface area contributed by atoms with Gasteiger partial charge in [-0.1, -0.05) is 24.8 Å². The Hall–Kier alpha value is -2.89. The van der Waals surface area contributed by atoms with Crippen LogP contribution in [0.25, 0.3) is 22.3 Å². The van der Waals surface area contributed by atoms with Crippen molar-refractivity contribution in [3.05, 3.63) is 66.9 Å². The zero-order valence-corrected chi connectivity index (χ0v) is 12.5. The molecule has 1 aromatic heterocycles. The molecular weight excluding hydrogens is 321 g/mol. The van der Waals surface area contributed by atoms with Crippen molar-refractivity contribution in [3.63, 3.8) is 0 Å². The largest absolute Gasteiger partial charge is 0.466 e. The fourth-order valence-corrected chi connectivity index (χ4v) is 2.33. The van der Waals surface area contributed by atoms with Crippen molar-refractivity contribution in [2.45, 2.75) is 6.18 Å². The summed E-state index contributed by atoms with van der Waals surface area (Å²) in [6, 6.07) is 12.3. The van der Waals surface area contributed by atoms with Crippen LogP contribution in [0.2, 0.25) is 0 Å². The van der Waals surface area contributed by atoms with E-state index in [1.165, 1.54) is 12.1 Å². The Labute approximate surface area is 135 Å². The van der Waals surface area contributed by atoms with Gasteiger partial charge in [-0.15, -0.1) is 0 Å². The van der Waals surface area contributed by atoms with Crippen LogP contribution in [-0.2, 0) is 10.9 Å². The number of benzene rings is 2. The number of hydrogen-bond acceptors (Lipinski definition) is 3. The van der Waals surface area contributed by atoms with Gasteiger partial charge in [-0.2, -0.15) is 13.2 Å². The molecule has 0 unspecified atom stereocenters. The van der Waals surface area contributed by atoms with Gasteiger partial charge in [0.2, 0.25) is 6.79 Å². The van der Waals surface area contributed by atoms with Crippen LogP contribution in [0.3, 0.4) is 0 Å². The van der Waals surface area contributed by atoms with E-state index in [0.29, 0.717) is 5.58 Å². The molecule has 0 spiro atoms. The lowest BCUT2D eigenvalue weighted by atomic mass is 10.0. The van der Waals surface area contributed by atoms with Gasteiger partial charge in [0, 0.05) is 10.9 Å². The van der Waals surface area contributed by atoms with Crippen LogP contribution in [-0.4, -0.2) is 6.79 Å². The van der Waals surface area contributed by atoms with E-state index in [-0.39, 0.29) is 23.9 Å². The second kappa shape index (κ2) is 6.31. The molecule has 0 aliphatic carbocycles. The molecule has 0 bridgehead atoms. The molecule has 0 aliphatic heterocycles. The molecule has 0 radical (unpaired) electrons. The van der Waals surface area contributed by atoms with Crippen molar-refractivity contribution in [2.75, 3.05) is 6.79 Å². The highest BCUT2D eigenvalue weighted by molar-refractivity contribution is 5.83. The Bertz CT molecular complexity index is 832. The zero-order valence-electron chi connectivity index (χ0n) is 12.5. The molecule has 3 aromatic rings. The SMILES string of the molecule is C=COCOc1ccc(-c2cc3ccccc3o2)c(C(F)(F)F)c1. The molecule has 0 fully saturated rings. The number of fused-ring (bicyclic) bond motifs is 1. The van der Waals surface area contributed by atoms with Crippen molar-refractivity contribution in [1.82, 2.24) is 0 Å². The van der Waals surface area contributed by atoms with E-state index in [1.807, 2.05) is 0 Å². The molecule has 0 saturated carbocycles. The molecule has 1 heterocycles. The minimum Gasteiger partial charge on any atom is -0.466 e. The normalized spacial score (nSPS) is 11.5. The lowest BCUT2D eigenvalue weighted by Crippen LogP contribution is -2.08. The predicted molar refractivity (Wildman–Crippen MR) is 83.4 cm³/mol. The number of hydrogen-bond donors (Lipinski definition) is 0. The van der Waals surface area contributed by atoms with Crippen LogP contribution < -0.4 is 4.74 Å². The van der Waals surface area contributed by atoms with E-state index in [2.05, 4.69) is 6.58 Å². The summed E-state index contributed by atoms with van der Waals surface area (Å²) >= 11 is 0. The first-order valence-electron chi connectivity index (χ1n) is 7.04. The lowest BCUT2D eigenvalue weighted by molar-refractivity contribution is -0.137. The van der Waals surface area contributed by atoms with E-state index >= 15 is 0 Å². The number of halogens is 3. The Balaban J connectivity index is 2.04. The predicted octanol–water partition coefficient (Wildman–Crippen LogP) is 5.62. The number of ether oxygens (including phenoxy) is 2.